The van der Waals surface area contributed by atoms with Gasteiger partial charge in [-0.05, 0) is 90.5 Å². The average Bonchev–Trinajstić information content (AvgIpc) is 2.95. The summed E-state index contributed by atoms with van der Waals surface area (Å²) in [6, 6.07) is 27.0. The topological polar surface area (TPSA) is 12.9 Å². The molecule has 0 N–H and O–H groups in total. The smallest absolute Gasteiger partial charge is 0.0716 e. The first kappa shape index (κ1) is 24.8. The molecule has 3 aromatic carbocycles. The molecule has 0 bridgehead atoms. The number of nitrogens with zero attached hydrogens (tertiary/aromatic N) is 1. The number of para-hydroxylation sites is 1. The van der Waals surface area contributed by atoms with Gasteiger partial charge in [0.25, 0.3) is 0 Å². The molecule has 2 saturated carbocycles. The molecule has 4 aromatic rings. The predicted molar refractivity (Wildman–Crippen MR) is 162 cm³/mol. The molecule has 0 radical (unpaired) electrons. The van der Waals surface area contributed by atoms with Crippen LogP contribution in [0.15, 0.2) is 72.8 Å². The van der Waals surface area contributed by atoms with Gasteiger partial charge in [-0.2, -0.15) is 0 Å². The normalized spacial score (nSPS) is 17.5. The lowest BCUT2D eigenvalue weighted by Gasteiger charge is -2.40. The SMILES string of the molecule is Cc1cccc(-c2ccc3ccccc3n2)c1-c1c(C)cccc1P(C1CCCCC1)C1CCCCC1. The van der Waals surface area contributed by atoms with Gasteiger partial charge in [0.1, 0.15) is 0 Å². The first-order chi connectivity index (χ1) is 18.2. The molecule has 1 aromatic heterocycles. The van der Waals surface area contributed by atoms with E-state index in [1.54, 1.807) is 5.30 Å². The molecule has 37 heavy (non-hydrogen) atoms. The van der Waals surface area contributed by atoms with Gasteiger partial charge in [-0.3, -0.25) is 0 Å². The number of pyridine rings is 1. The standard InChI is InChI=1S/C35H40NP/c1-25-13-11-20-30(32-24-23-27-15-9-10-21-31(27)36-32)34(25)35-26(2)14-12-22-33(35)37(28-16-5-3-6-17-28)29-18-7-4-8-19-29/h9-15,20-24,28-29H,3-8,16-19H2,1-2H3. The molecule has 190 valence electrons. The molecule has 0 unspecified atom stereocenters. The van der Waals surface area contributed by atoms with Gasteiger partial charge in [-0.1, -0.05) is 107 Å². The Bertz CT molecular complexity index is 1360. The monoisotopic (exact) mass is 505 g/mol. The van der Waals surface area contributed by atoms with Crippen LogP contribution in [0.3, 0.4) is 0 Å². The summed E-state index contributed by atoms with van der Waals surface area (Å²) in [5.41, 5.74) is 10.9. The van der Waals surface area contributed by atoms with E-state index in [4.69, 9.17) is 4.98 Å². The number of fused-ring (bicyclic) bond motifs is 1. The minimum atomic E-state index is -0.195. The molecular formula is C35H40NP. The zero-order valence-corrected chi connectivity index (χ0v) is 23.4. The minimum absolute atomic E-state index is 0.195. The van der Waals surface area contributed by atoms with Gasteiger partial charge in [0.15, 0.2) is 0 Å². The van der Waals surface area contributed by atoms with Crippen LogP contribution >= 0.6 is 7.92 Å². The summed E-state index contributed by atoms with van der Waals surface area (Å²) in [4.78, 5) is 5.16. The van der Waals surface area contributed by atoms with Crippen molar-refractivity contribution in [3.8, 4) is 22.4 Å². The van der Waals surface area contributed by atoms with Crippen LogP contribution < -0.4 is 5.30 Å². The van der Waals surface area contributed by atoms with E-state index in [1.165, 1.54) is 97.4 Å². The van der Waals surface area contributed by atoms with Crippen molar-refractivity contribution in [1.82, 2.24) is 4.98 Å². The second-order valence-electron chi connectivity index (χ2n) is 11.3. The van der Waals surface area contributed by atoms with E-state index < -0.39 is 0 Å². The lowest BCUT2D eigenvalue weighted by Crippen LogP contribution is -2.27. The second-order valence-corrected chi connectivity index (χ2v) is 14.1. The second kappa shape index (κ2) is 11.1. The fraction of sp³-hybridized carbons (Fsp3) is 0.400. The van der Waals surface area contributed by atoms with Crippen molar-refractivity contribution in [2.24, 2.45) is 0 Å². The van der Waals surface area contributed by atoms with Crippen molar-refractivity contribution in [3.05, 3.63) is 83.9 Å². The predicted octanol–water partition coefficient (Wildman–Crippen LogP) is 9.96. The van der Waals surface area contributed by atoms with Crippen molar-refractivity contribution in [2.45, 2.75) is 89.4 Å². The van der Waals surface area contributed by atoms with E-state index in [0.29, 0.717) is 0 Å². The van der Waals surface area contributed by atoms with Gasteiger partial charge >= 0.3 is 0 Å². The summed E-state index contributed by atoms with van der Waals surface area (Å²) < 4.78 is 0. The first-order valence-electron chi connectivity index (χ1n) is 14.5. The van der Waals surface area contributed by atoms with Crippen LogP contribution in [-0.2, 0) is 0 Å². The number of benzene rings is 3. The highest BCUT2D eigenvalue weighted by Crippen LogP contribution is 2.57. The first-order valence-corrected chi connectivity index (χ1v) is 16.0. The molecular weight excluding hydrogens is 465 g/mol. The van der Waals surface area contributed by atoms with Crippen LogP contribution in [0.1, 0.15) is 75.3 Å². The molecule has 2 heteroatoms. The van der Waals surface area contributed by atoms with Crippen molar-refractivity contribution < 1.29 is 0 Å². The number of rotatable bonds is 5. The summed E-state index contributed by atoms with van der Waals surface area (Å²) in [6.07, 6.45) is 14.3. The maximum atomic E-state index is 5.16. The number of aryl methyl sites for hydroxylation is 2. The Labute approximate surface area is 224 Å². The van der Waals surface area contributed by atoms with Gasteiger partial charge in [-0.25, -0.2) is 4.98 Å². The number of hydrogen-bond acceptors (Lipinski definition) is 1. The lowest BCUT2D eigenvalue weighted by molar-refractivity contribution is 0.487. The zero-order chi connectivity index (χ0) is 25.2. The Morgan fingerprint density at radius 2 is 1.22 bits per heavy atom. The van der Waals surface area contributed by atoms with Crippen LogP contribution in [-0.4, -0.2) is 16.3 Å². The van der Waals surface area contributed by atoms with Gasteiger partial charge in [0.05, 0.1) is 11.2 Å². The molecule has 0 amide bonds. The Balaban J connectivity index is 1.54. The van der Waals surface area contributed by atoms with Gasteiger partial charge in [-0.15, -0.1) is 0 Å². The van der Waals surface area contributed by atoms with Gasteiger partial charge < -0.3 is 0 Å². The molecule has 0 atom stereocenters. The molecule has 1 nitrogen and oxygen atoms in total. The molecule has 0 spiro atoms. The highest BCUT2D eigenvalue weighted by molar-refractivity contribution is 7.67. The largest absolute Gasteiger partial charge is 0.248 e. The third kappa shape index (κ3) is 5.00. The van der Waals surface area contributed by atoms with Crippen LogP contribution in [0.2, 0.25) is 0 Å². The Morgan fingerprint density at radius 1 is 0.595 bits per heavy atom. The molecule has 1 heterocycles. The zero-order valence-electron chi connectivity index (χ0n) is 22.5. The fourth-order valence-electron chi connectivity index (χ4n) is 7.03. The van der Waals surface area contributed by atoms with E-state index in [0.717, 1.165) is 22.5 Å². The summed E-state index contributed by atoms with van der Waals surface area (Å²) in [7, 11) is -0.195. The highest BCUT2D eigenvalue weighted by atomic mass is 31.1. The third-order valence-corrected chi connectivity index (χ3v) is 12.4. The van der Waals surface area contributed by atoms with Crippen molar-refractivity contribution in [2.75, 3.05) is 0 Å². The summed E-state index contributed by atoms with van der Waals surface area (Å²) in [5.74, 6) is 0. The van der Waals surface area contributed by atoms with E-state index in [1.807, 2.05) is 0 Å². The lowest BCUT2D eigenvalue weighted by atomic mass is 9.90. The number of hydrogen-bond donors (Lipinski definition) is 0. The molecule has 0 saturated heterocycles. The molecule has 2 aliphatic rings. The molecule has 2 aliphatic carbocycles. The van der Waals surface area contributed by atoms with Crippen molar-refractivity contribution in [3.63, 3.8) is 0 Å². The van der Waals surface area contributed by atoms with E-state index in [9.17, 15) is 0 Å². The third-order valence-electron chi connectivity index (χ3n) is 8.86. The summed E-state index contributed by atoms with van der Waals surface area (Å²) in [6.45, 7) is 4.65. The Kier molecular flexibility index (Phi) is 7.43. The van der Waals surface area contributed by atoms with E-state index in [2.05, 4.69) is 86.6 Å². The van der Waals surface area contributed by atoms with Crippen LogP contribution in [0, 0.1) is 13.8 Å². The van der Waals surface area contributed by atoms with E-state index in [-0.39, 0.29) is 7.92 Å². The quantitative estimate of drug-likeness (QED) is 0.246. The maximum absolute atomic E-state index is 5.16. The van der Waals surface area contributed by atoms with Crippen LogP contribution in [0.25, 0.3) is 33.3 Å². The van der Waals surface area contributed by atoms with Crippen molar-refractivity contribution >= 4 is 24.1 Å². The highest BCUT2D eigenvalue weighted by Gasteiger charge is 2.34. The number of aromatic nitrogens is 1. The average molecular weight is 506 g/mol. The summed E-state index contributed by atoms with van der Waals surface area (Å²) >= 11 is 0. The summed E-state index contributed by atoms with van der Waals surface area (Å²) in [5, 5.41) is 2.89. The molecule has 0 aliphatic heterocycles. The van der Waals surface area contributed by atoms with Crippen molar-refractivity contribution in [1.29, 1.82) is 0 Å². The Hall–Kier alpha value is -2.50. The molecule has 2 fully saturated rings. The van der Waals surface area contributed by atoms with Gasteiger partial charge in [0.2, 0.25) is 0 Å². The minimum Gasteiger partial charge on any atom is -0.248 e. The van der Waals surface area contributed by atoms with Crippen LogP contribution in [0.4, 0.5) is 0 Å². The fourth-order valence-corrected chi connectivity index (χ4v) is 11.1. The maximum Gasteiger partial charge on any atom is 0.0716 e. The van der Waals surface area contributed by atoms with Crippen LogP contribution in [0.5, 0.6) is 0 Å². The van der Waals surface area contributed by atoms with E-state index >= 15 is 0 Å². The molecule has 6 rings (SSSR count). The Morgan fingerprint density at radius 3 is 1.92 bits per heavy atom. The van der Waals surface area contributed by atoms with Gasteiger partial charge in [0, 0.05) is 10.9 Å².